The normalized spacial score (nSPS) is 12.1. The molecular formula is C6H9F2N3. The molecule has 0 fully saturated rings. The minimum atomic E-state index is -1.15. The minimum Gasteiger partial charge on any atom is -0.178 e. The van der Waals surface area contributed by atoms with Crippen molar-refractivity contribution in [3.8, 4) is 0 Å². The molecule has 0 radical (unpaired) electrons. The van der Waals surface area contributed by atoms with Crippen LogP contribution in [0.25, 0.3) is 0 Å². The first kappa shape index (κ1) is 8.10. The highest BCUT2D eigenvalue weighted by Crippen LogP contribution is 2.11. The Morgan fingerprint density at radius 1 is 1.09 bits per heavy atom. The SMILES string of the molecule is CC(C)(C)n1nc(F)c(F)n1. The molecule has 0 unspecified atom stereocenters. The summed E-state index contributed by atoms with van der Waals surface area (Å²) in [4.78, 5) is 1.01. The van der Waals surface area contributed by atoms with Crippen molar-refractivity contribution in [1.29, 1.82) is 0 Å². The zero-order chi connectivity index (χ0) is 8.65. The van der Waals surface area contributed by atoms with Crippen LogP contribution < -0.4 is 0 Å². The maximum atomic E-state index is 12.3. The van der Waals surface area contributed by atoms with E-state index >= 15 is 0 Å². The Hall–Kier alpha value is -1.00. The molecule has 1 rings (SSSR count). The molecule has 0 bridgehead atoms. The molecule has 0 saturated heterocycles. The lowest BCUT2D eigenvalue weighted by Gasteiger charge is -2.15. The summed E-state index contributed by atoms with van der Waals surface area (Å²) < 4.78 is 24.6. The van der Waals surface area contributed by atoms with Gasteiger partial charge in [0.2, 0.25) is 0 Å². The van der Waals surface area contributed by atoms with Crippen LogP contribution in [0.3, 0.4) is 0 Å². The Morgan fingerprint density at radius 2 is 1.45 bits per heavy atom. The first-order valence-corrected chi connectivity index (χ1v) is 3.20. The van der Waals surface area contributed by atoms with Crippen LogP contribution in [0.1, 0.15) is 20.8 Å². The van der Waals surface area contributed by atoms with E-state index in [1.54, 1.807) is 20.8 Å². The summed E-state index contributed by atoms with van der Waals surface area (Å²) in [6.07, 6.45) is 0. The van der Waals surface area contributed by atoms with Crippen molar-refractivity contribution in [3.63, 3.8) is 0 Å². The van der Waals surface area contributed by atoms with Crippen LogP contribution in [0.4, 0.5) is 8.78 Å². The molecule has 1 heterocycles. The predicted molar refractivity (Wildman–Crippen MR) is 34.9 cm³/mol. The molecule has 0 amide bonds. The fourth-order valence-corrected chi connectivity index (χ4v) is 0.571. The van der Waals surface area contributed by atoms with Gasteiger partial charge < -0.3 is 0 Å². The summed E-state index contributed by atoms with van der Waals surface area (Å²) in [5, 5.41) is 6.49. The Morgan fingerprint density at radius 3 is 1.64 bits per heavy atom. The molecule has 62 valence electrons. The van der Waals surface area contributed by atoms with Crippen molar-refractivity contribution in [1.82, 2.24) is 15.0 Å². The highest BCUT2D eigenvalue weighted by Gasteiger charge is 2.19. The highest BCUT2D eigenvalue weighted by molar-refractivity contribution is 4.77. The van der Waals surface area contributed by atoms with E-state index in [1.165, 1.54) is 0 Å². The fourth-order valence-electron chi connectivity index (χ4n) is 0.571. The van der Waals surface area contributed by atoms with Crippen molar-refractivity contribution in [3.05, 3.63) is 11.9 Å². The van der Waals surface area contributed by atoms with E-state index in [-0.39, 0.29) is 0 Å². The van der Waals surface area contributed by atoms with E-state index < -0.39 is 17.4 Å². The zero-order valence-corrected chi connectivity index (χ0v) is 6.60. The van der Waals surface area contributed by atoms with E-state index in [0.717, 1.165) is 4.80 Å². The minimum absolute atomic E-state index is 0.481. The summed E-state index contributed by atoms with van der Waals surface area (Å²) in [5.74, 6) is -2.31. The second kappa shape index (κ2) is 2.25. The van der Waals surface area contributed by atoms with Crippen LogP contribution in [0.2, 0.25) is 0 Å². The van der Waals surface area contributed by atoms with Crippen LogP contribution in [-0.2, 0) is 5.54 Å². The highest BCUT2D eigenvalue weighted by atomic mass is 19.2. The topological polar surface area (TPSA) is 30.7 Å². The molecule has 11 heavy (non-hydrogen) atoms. The van der Waals surface area contributed by atoms with Gasteiger partial charge in [-0.2, -0.15) is 13.6 Å². The van der Waals surface area contributed by atoms with Crippen LogP contribution in [0.15, 0.2) is 0 Å². The summed E-state index contributed by atoms with van der Waals surface area (Å²) in [7, 11) is 0. The van der Waals surface area contributed by atoms with Crippen molar-refractivity contribution >= 4 is 0 Å². The Balaban J connectivity index is 3.08. The molecule has 0 saturated carbocycles. The van der Waals surface area contributed by atoms with E-state index in [4.69, 9.17) is 0 Å². The number of halogens is 2. The lowest BCUT2D eigenvalue weighted by Crippen LogP contribution is -2.24. The fraction of sp³-hybridized carbons (Fsp3) is 0.667. The van der Waals surface area contributed by atoms with Crippen molar-refractivity contribution in [2.24, 2.45) is 0 Å². The van der Waals surface area contributed by atoms with Crippen LogP contribution in [0, 0.1) is 11.9 Å². The number of rotatable bonds is 0. The molecule has 0 N–H and O–H groups in total. The van der Waals surface area contributed by atoms with Gasteiger partial charge in [0.15, 0.2) is 0 Å². The third-order valence-electron chi connectivity index (χ3n) is 1.14. The summed E-state index contributed by atoms with van der Waals surface area (Å²) in [6.45, 7) is 5.27. The number of nitrogens with zero attached hydrogens (tertiary/aromatic N) is 3. The lowest BCUT2D eigenvalue weighted by molar-refractivity contribution is 0.300. The first-order valence-electron chi connectivity index (χ1n) is 3.20. The Bertz CT molecular complexity index is 242. The summed E-state index contributed by atoms with van der Waals surface area (Å²) in [5.41, 5.74) is -0.481. The van der Waals surface area contributed by atoms with E-state index in [1.807, 2.05) is 0 Å². The maximum Gasteiger partial charge on any atom is 0.289 e. The monoisotopic (exact) mass is 161 g/mol. The molecule has 0 aliphatic carbocycles. The number of hydrogen-bond acceptors (Lipinski definition) is 2. The third-order valence-corrected chi connectivity index (χ3v) is 1.14. The maximum absolute atomic E-state index is 12.3. The Kier molecular flexibility index (Phi) is 1.66. The standard InChI is InChI=1S/C6H9F2N3/c1-6(2,3)11-9-4(7)5(8)10-11/h1-3H3. The van der Waals surface area contributed by atoms with Crippen LogP contribution >= 0.6 is 0 Å². The second-order valence-electron chi connectivity index (χ2n) is 3.24. The first-order chi connectivity index (χ1) is 4.91. The quantitative estimate of drug-likeness (QED) is 0.574. The second-order valence-corrected chi connectivity index (χ2v) is 3.24. The van der Waals surface area contributed by atoms with Gasteiger partial charge in [0.05, 0.1) is 5.54 Å². The van der Waals surface area contributed by atoms with Crippen molar-refractivity contribution < 1.29 is 8.78 Å². The number of aromatic nitrogens is 3. The molecule has 0 aromatic carbocycles. The third kappa shape index (κ3) is 1.53. The average molecular weight is 161 g/mol. The van der Waals surface area contributed by atoms with E-state index in [0.29, 0.717) is 0 Å². The molecule has 0 aliphatic heterocycles. The van der Waals surface area contributed by atoms with Gasteiger partial charge in [0.1, 0.15) is 0 Å². The molecule has 0 atom stereocenters. The smallest absolute Gasteiger partial charge is 0.178 e. The largest absolute Gasteiger partial charge is 0.289 e. The van der Waals surface area contributed by atoms with Gasteiger partial charge in [-0.25, -0.2) is 0 Å². The van der Waals surface area contributed by atoms with Crippen molar-refractivity contribution in [2.45, 2.75) is 26.3 Å². The van der Waals surface area contributed by atoms with Gasteiger partial charge in [0, 0.05) is 0 Å². The Labute approximate surface area is 63.0 Å². The predicted octanol–water partition coefficient (Wildman–Crippen LogP) is 1.31. The van der Waals surface area contributed by atoms with Gasteiger partial charge in [-0.05, 0) is 20.8 Å². The van der Waals surface area contributed by atoms with Crippen molar-refractivity contribution in [2.75, 3.05) is 0 Å². The number of hydrogen-bond donors (Lipinski definition) is 0. The molecular weight excluding hydrogens is 152 g/mol. The molecule has 1 aromatic heterocycles. The summed E-state index contributed by atoms with van der Waals surface area (Å²) >= 11 is 0. The molecule has 5 heteroatoms. The molecule has 0 aliphatic rings. The van der Waals surface area contributed by atoms with E-state index in [9.17, 15) is 8.78 Å². The molecule has 3 nitrogen and oxygen atoms in total. The van der Waals surface area contributed by atoms with Gasteiger partial charge in [-0.3, -0.25) is 0 Å². The van der Waals surface area contributed by atoms with Crippen LogP contribution in [0.5, 0.6) is 0 Å². The molecule has 1 aromatic rings. The zero-order valence-electron chi connectivity index (χ0n) is 6.60. The van der Waals surface area contributed by atoms with Gasteiger partial charge in [-0.1, -0.05) is 0 Å². The average Bonchev–Trinajstić information content (AvgIpc) is 2.11. The van der Waals surface area contributed by atoms with Crippen LogP contribution in [-0.4, -0.2) is 15.0 Å². The summed E-state index contributed by atoms with van der Waals surface area (Å²) in [6, 6.07) is 0. The van der Waals surface area contributed by atoms with Gasteiger partial charge in [-0.15, -0.1) is 10.2 Å². The lowest BCUT2D eigenvalue weighted by atomic mass is 10.1. The van der Waals surface area contributed by atoms with E-state index in [2.05, 4.69) is 10.2 Å². The molecule has 0 spiro atoms. The van der Waals surface area contributed by atoms with Gasteiger partial charge >= 0.3 is 0 Å². The van der Waals surface area contributed by atoms with Gasteiger partial charge in [0.25, 0.3) is 11.9 Å².